The van der Waals surface area contributed by atoms with Gasteiger partial charge in [0.1, 0.15) is 18.8 Å². The second kappa shape index (κ2) is 22.2. The number of esters is 1. The SMILES string of the molecule is CCCCCC/C=C\CCCCCCCCCC(=O)C(=O)OC[C@@H](O)COP(=O)(O)O[C@@H](C)[C@H](N)C(=O)O. The van der Waals surface area contributed by atoms with Crippen molar-refractivity contribution in [3.63, 3.8) is 0 Å². The van der Waals surface area contributed by atoms with E-state index in [0.29, 0.717) is 6.42 Å². The van der Waals surface area contributed by atoms with Gasteiger partial charge in [-0.25, -0.2) is 9.36 Å². The number of aliphatic hydroxyl groups is 1. The van der Waals surface area contributed by atoms with E-state index in [-0.39, 0.29) is 6.42 Å². The normalized spacial score (nSPS) is 15.6. The Balaban J connectivity index is 3.82. The van der Waals surface area contributed by atoms with E-state index in [1.165, 1.54) is 51.9 Å². The van der Waals surface area contributed by atoms with E-state index in [2.05, 4.69) is 28.1 Å². The minimum atomic E-state index is -4.72. The fourth-order valence-corrected chi connectivity index (χ4v) is 4.42. The van der Waals surface area contributed by atoms with Crippen molar-refractivity contribution >= 4 is 25.5 Å². The molecule has 0 aromatic heterocycles. The van der Waals surface area contributed by atoms with Crippen LogP contribution in [-0.4, -0.2) is 64.3 Å². The first-order valence-corrected chi connectivity index (χ1v) is 15.2. The number of rotatable bonds is 25. The summed E-state index contributed by atoms with van der Waals surface area (Å²) in [5.74, 6) is -3.23. The Morgan fingerprint density at radius 2 is 1.42 bits per heavy atom. The minimum absolute atomic E-state index is 0.0515. The number of carbonyl (C=O) groups is 3. The van der Waals surface area contributed by atoms with Gasteiger partial charge in [-0.05, 0) is 39.0 Å². The van der Waals surface area contributed by atoms with E-state index < -0.39 is 57.0 Å². The number of aliphatic carboxylic acids is 1. The molecule has 0 bridgehead atoms. The molecule has 1 unspecified atom stereocenters. The summed E-state index contributed by atoms with van der Waals surface area (Å²) in [4.78, 5) is 44.0. The number of carboxylic acid groups (broad SMARTS) is 1. The van der Waals surface area contributed by atoms with Crippen LogP contribution in [0.5, 0.6) is 0 Å². The highest BCUT2D eigenvalue weighted by Gasteiger charge is 2.31. The maximum atomic E-state index is 11.9. The largest absolute Gasteiger partial charge is 0.480 e. The molecule has 0 radical (unpaired) electrons. The van der Waals surface area contributed by atoms with Gasteiger partial charge < -0.3 is 25.6 Å². The summed E-state index contributed by atoms with van der Waals surface area (Å²) in [6.07, 6.45) is 16.3. The van der Waals surface area contributed by atoms with Gasteiger partial charge in [-0.15, -0.1) is 0 Å². The van der Waals surface area contributed by atoms with Crippen LogP contribution in [0.2, 0.25) is 0 Å². The zero-order chi connectivity index (χ0) is 28.8. The first-order valence-electron chi connectivity index (χ1n) is 13.7. The molecule has 0 aliphatic carbocycles. The number of carboxylic acids is 1. The highest BCUT2D eigenvalue weighted by molar-refractivity contribution is 7.47. The number of aliphatic hydroxyl groups excluding tert-OH is 1. The van der Waals surface area contributed by atoms with Crippen LogP contribution >= 0.6 is 7.82 Å². The lowest BCUT2D eigenvalue weighted by Crippen LogP contribution is -2.41. The lowest BCUT2D eigenvalue weighted by molar-refractivity contribution is -0.156. The van der Waals surface area contributed by atoms with Gasteiger partial charge in [0, 0.05) is 6.42 Å². The minimum Gasteiger partial charge on any atom is -0.480 e. The number of hydrogen-bond donors (Lipinski definition) is 4. The lowest BCUT2D eigenvalue weighted by Gasteiger charge is -2.21. The van der Waals surface area contributed by atoms with Crippen molar-refractivity contribution in [2.45, 2.75) is 122 Å². The van der Waals surface area contributed by atoms with Gasteiger partial charge in [0.15, 0.2) is 0 Å². The van der Waals surface area contributed by atoms with Crippen molar-refractivity contribution in [3.05, 3.63) is 12.2 Å². The second-order valence-electron chi connectivity index (χ2n) is 9.45. The van der Waals surface area contributed by atoms with Gasteiger partial charge in [-0.2, -0.15) is 0 Å². The molecule has 0 aromatic rings. The molecule has 0 saturated heterocycles. The van der Waals surface area contributed by atoms with Gasteiger partial charge in [0.2, 0.25) is 5.78 Å². The van der Waals surface area contributed by atoms with E-state index in [1.807, 2.05) is 0 Å². The Kier molecular flexibility index (Phi) is 21.3. The zero-order valence-corrected chi connectivity index (χ0v) is 23.8. The molecular weight excluding hydrogens is 517 g/mol. The number of unbranched alkanes of at least 4 members (excludes halogenated alkanes) is 11. The van der Waals surface area contributed by atoms with Gasteiger partial charge in [0.05, 0.1) is 12.7 Å². The molecule has 0 aliphatic heterocycles. The molecule has 4 atom stereocenters. The van der Waals surface area contributed by atoms with Gasteiger partial charge in [-0.3, -0.25) is 18.6 Å². The molecular formula is C26H48NO10P. The first-order chi connectivity index (χ1) is 18.0. The zero-order valence-electron chi connectivity index (χ0n) is 22.9. The molecule has 0 heterocycles. The number of nitrogens with two attached hydrogens (primary N) is 1. The third-order valence-electron chi connectivity index (χ3n) is 5.82. The predicted octanol–water partition coefficient (Wildman–Crippen LogP) is 4.43. The Morgan fingerprint density at radius 3 is 1.97 bits per heavy atom. The van der Waals surface area contributed by atoms with Crippen LogP contribution in [0.15, 0.2) is 12.2 Å². The van der Waals surface area contributed by atoms with Crippen LogP contribution in [0.3, 0.4) is 0 Å². The van der Waals surface area contributed by atoms with E-state index in [4.69, 9.17) is 15.6 Å². The predicted molar refractivity (Wildman–Crippen MR) is 143 cm³/mol. The van der Waals surface area contributed by atoms with E-state index in [0.717, 1.165) is 32.1 Å². The summed E-state index contributed by atoms with van der Waals surface area (Å²) >= 11 is 0. The summed E-state index contributed by atoms with van der Waals surface area (Å²) in [6, 6.07) is -1.56. The van der Waals surface area contributed by atoms with Crippen molar-refractivity contribution in [1.82, 2.24) is 0 Å². The second-order valence-corrected chi connectivity index (χ2v) is 10.9. The lowest BCUT2D eigenvalue weighted by atomic mass is 10.1. The number of phosphoric ester groups is 1. The monoisotopic (exact) mass is 565 g/mol. The van der Waals surface area contributed by atoms with Gasteiger partial charge >= 0.3 is 19.8 Å². The maximum Gasteiger partial charge on any atom is 0.472 e. The van der Waals surface area contributed by atoms with Crippen molar-refractivity contribution in [2.75, 3.05) is 13.2 Å². The highest BCUT2D eigenvalue weighted by Crippen LogP contribution is 2.44. The molecule has 38 heavy (non-hydrogen) atoms. The van der Waals surface area contributed by atoms with Crippen molar-refractivity contribution in [1.29, 1.82) is 0 Å². The Hall–Kier alpha value is -1.62. The first kappa shape index (κ1) is 36.4. The molecule has 0 spiro atoms. The van der Waals surface area contributed by atoms with Crippen LogP contribution in [-0.2, 0) is 32.7 Å². The molecule has 12 heteroatoms. The fraction of sp³-hybridized carbons (Fsp3) is 0.808. The standard InChI is InChI=1S/C26H48NO10P/c1-3-4-5-6-7-8-9-10-11-12-13-14-15-16-17-18-23(29)26(32)35-19-22(28)20-36-38(33,34)37-21(2)24(27)25(30)31/h8-9,21-22,24,28H,3-7,10-20,27H2,1-2H3,(H,30,31)(H,33,34)/b9-8-/t21-,22+,24-/m0/s1. The molecule has 0 fully saturated rings. The molecule has 11 nitrogen and oxygen atoms in total. The van der Waals surface area contributed by atoms with Crippen LogP contribution < -0.4 is 5.73 Å². The third kappa shape index (κ3) is 20.4. The summed E-state index contributed by atoms with van der Waals surface area (Å²) < 4.78 is 25.7. The van der Waals surface area contributed by atoms with Gasteiger partial charge in [0.25, 0.3) is 0 Å². The highest BCUT2D eigenvalue weighted by atomic mass is 31.2. The number of carbonyl (C=O) groups excluding carboxylic acids is 2. The number of phosphoric acid groups is 1. The van der Waals surface area contributed by atoms with Crippen LogP contribution in [0.25, 0.3) is 0 Å². The molecule has 5 N–H and O–H groups in total. The summed E-state index contributed by atoms with van der Waals surface area (Å²) in [5, 5.41) is 18.5. The molecule has 0 amide bonds. The van der Waals surface area contributed by atoms with Crippen molar-refractivity contribution in [2.24, 2.45) is 5.73 Å². The topological polar surface area (TPSA) is 183 Å². The van der Waals surface area contributed by atoms with Crippen LogP contribution in [0, 0.1) is 0 Å². The van der Waals surface area contributed by atoms with E-state index in [1.54, 1.807) is 0 Å². The smallest absolute Gasteiger partial charge is 0.472 e. The van der Waals surface area contributed by atoms with Crippen LogP contribution in [0.4, 0.5) is 0 Å². The molecule has 222 valence electrons. The Labute approximate surface area is 226 Å². The van der Waals surface area contributed by atoms with Gasteiger partial charge in [-0.1, -0.05) is 70.4 Å². The van der Waals surface area contributed by atoms with Crippen molar-refractivity contribution in [3.8, 4) is 0 Å². The molecule has 0 saturated carbocycles. The third-order valence-corrected chi connectivity index (χ3v) is 6.89. The maximum absolute atomic E-state index is 11.9. The summed E-state index contributed by atoms with van der Waals surface area (Å²) in [6.45, 7) is 2.02. The van der Waals surface area contributed by atoms with Crippen molar-refractivity contribution < 1.29 is 47.8 Å². The average Bonchev–Trinajstić information content (AvgIpc) is 2.87. The molecule has 0 aliphatic rings. The number of hydrogen-bond acceptors (Lipinski definition) is 9. The number of ether oxygens (including phenoxy) is 1. The molecule has 0 rings (SSSR count). The Bertz CT molecular complexity index is 746. The van der Waals surface area contributed by atoms with E-state index >= 15 is 0 Å². The van der Waals surface area contributed by atoms with E-state index in [9.17, 15) is 28.9 Å². The summed E-state index contributed by atoms with van der Waals surface area (Å²) in [5.41, 5.74) is 5.28. The number of allylic oxidation sites excluding steroid dienone is 2. The van der Waals surface area contributed by atoms with Crippen LogP contribution in [0.1, 0.15) is 104 Å². The Morgan fingerprint density at radius 1 is 0.895 bits per heavy atom. The summed E-state index contributed by atoms with van der Waals surface area (Å²) in [7, 11) is -4.72. The quantitative estimate of drug-likeness (QED) is 0.0404. The number of Topliss-reactive ketones (excluding diaryl/α,β-unsaturated/α-hetero) is 1. The fourth-order valence-electron chi connectivity index (χ4n) is 3.45. The molecule has 0 aromatic carbocycles. The average molecular weight is 566 g/mol. The number of ketones is 1.